The van der Waals surface area contributed by atoms with Crippen LogP contribution < -0.4 is 0 Å². The molecule has 0 fully saturated rings. The average Bonchev–Trinajstić information content (AvgIpc) is 2.68. The number of rotatable bonds is 4. The number of para-hydroxylation sites is 2. The highest BCUT2D eigenvalue weighted by Crippen LogP contribution is 2.16. The SMILES string of the molecule is N#CCc1nc2ccccc2n1C/C=C/C(=O)O. The van der Waals surface area contributed by atoms with Crippen LogP contribution in [0, 0.1) is 11.3 Å². The molecule has 0 aliphatic carbocycles. The van der Waals surface area contributed by atoms with Crippen LogP contribution in [0.15, 0.2) is 36.4 Å². The van der Waals surface area contributed by atoms with E-state index in [2.05, 4.69) is 11.1 Å². The summed E-state index contributed by atoms with van der Waals surface area (Å²) in [5.74, 6) is -0.338. The lowest BCUT2D eigenvalue weighted by Crippen LogP contribution is -2.02. The molecule has 2 aromatic rings. The molecule has 0 unspecified atom stereocenters. The first-order valence-electron chi connectivity index (χ1n) is 5.43. The standard InChI is InChI=1S/C13H11N3O2/c14-8-7-12-15-10-4-1-2-5-11(10)16(12)9-3-6-13(17)18/h1-6H,7,9H2,(H,17,18)/b6-3+. The van der Waals surface area contributed by atoms with Gasteiger partial charge in [-0.25, -0.2) is 9.78 Å². The third-order valence-corrected chi connectivity index (χ3v) is 2.52. The molecule has 0 bridgehead atoms. The van der Waals surface area contributed by atoms with E-state index in [0.717, 1.165) is 17.1 Å². The molecule has 5 heteroatoms. The second kappa shape index (κ2) is 5.15. The van der Waals surface area contributed by atoms with Crippen LogP contribution in [0.5, 0.6) is 0 Å². The molecule has 1 heterocycles. The summed E-state index contributed by atoms with van der Waals surface area (Å²) in [4.78, 5) is 14.8. The van der Waals surface area contributed by atoms with Crippen LogP contribution in [0.3, 0.4) is 0 Å². The van der Waals surface area contributed by atoms with Crippen LogP contribution in [0.4, 0.5) is 0 Å². The van der Waals surface area contributed by atoms with Crippen molar-refractivity contribution >= 4 is 17.0 Å². The van der Waals surface area contributed by atoms with Gasteiger partial charge in [0.25, 0.3) is 0 Å². The molecule has 90 valence electrons. The number of hydrogen-bond acceptors (Lipinski definition) is 3. The summed E-state index contributed by atoms with van der Waals surface area (Å²) in [5.41, 5.74) is 1.71. The Balaban J connectivity index is 2.42. The molecule has 1 N–H and O–H groups in total. The fourth-order valence-electron chi connectivity index (χ4n) is 1.79. The minimum absolute atomic E-state index is 0.204. The minimum atomic E-state index is -0.985. The number of hydrogen-bond donors (Lipinski definition) is 1. The van der Waals surface area contributed by atoms with E-state index in [1.54, 1.807) is 0 Å². The van der Waals surface area contributed by atoms with E-state index in [9.17, 15) is 4.79 Å². The zero-order valence-electron chi connectivity index (χ0n) is 9.58. The predicted octanol–water partition coefficient (Wildman–Crippen LogP) is 1.74. The Labute approximate surface area is 104 Å². The number of aromatic nitrogens is 2. The Morgan fingerprint density at radius 1 is 1.50 bits per heavy atom. The fraction of sp³-hybridized carbons (Fsp3) is 0.154. The highest BCUT2D eigenvalue weighted by molar-refractivity contribution is 5.80. The number of nitriles is 1. The lowest BCUT2D eigenvalue weighted by atomic mass is 10.3. The number of benzene rings is 1. The summed E-state index contributed by atoms with van der Waals surface area (Å²) < 4.78 is 1.85. The highest BCUT2D eigenvalue weighted by atomic mass is 16.4. The molecule has 0 amide bonds. The molecule has 0 saturated heterocycles. The Bertz CT molecular complexity index is 650. The van der Waals surface area contributed by atoms with E-state index in [0.29, 0.717) is 12.4 Å². The summed E-state index contributed by atoms with van der Waals surface area (Å²) in [5, 5.41) is 17.3. The van der Waals surface area contributed by atoms with E-state index >= 15 is 0 Å². The van der Waals surface area contributed by atoms with Crippen molar-refractivity contribution in [3.05, 3.63) is 42.2 Å². The summed E-state index contributed by atoms with van der Waals surface area (Å²) in [6.45, 7) is 0.393. The Morgan fingerprint density at radius 2 is 2.28 bits per heavy atom. The summed E-state index contributed by atoms with van der Waals surface area (Å²) >= 11 is 0. The van der Waals surface area contributed by atoms with Gasteiger partial charge in [0.2, 0.25) is 0 Å². The van der Waals surface area contributed by atoms with E-state index in [1.807, 2.05) is 28.8 Å². The molecule has 1 aromatic carbocycles. The molecule has 18 heavy (non-hydrogen) atoms. The van der Waals surface area contributed by atoms with Crippen LogP contribution in [0.1, 0.15) is 5.82 Å². The van der Waals surface area contributed by atoms with Crippen molar-refractivity contribution in [2.45, 2.75) is 13.0 Å². The number of carboxylic acids is 1. The van der Waals surface area contributed by atoms with Gasteiger partial charge in [-0.1, -0.05) is 18.2 Å². The quantitative estimate of drug-likeness (QED) is 0.827. The molecule has 2 rings (SSSR count). The van der Waals surface area contributed by atoms with Crippen molar-refractivity contribution < 1.29 is 9.90 Å². The number of imidazole rings is 1. The third kappa shape index (κ3) is 2.38. The van der Waals surface area contributed by atoms with Crippen molar-refractivity contribution in [1.82, 2.24) is 9.55 Å². The predicted molar refractivity (Wildman–Crippen MR) is 65.8 cm³/mol. The number of aliphatic carboxylic acids is 1. The first-order valence-corrected chi connectivity index (χ1v) is 5.43. The van der Waals surface area contributed by atoms with E-state index < -0.39 is 5.97 Å². The number of allylic oxidation sites excluding steroid dienone is 1. The smallest absolute Gasteiger partial charge is 0.328 e. The molecular weight excluding hydrogens is 230 g/mol. The van der Waals surface area contributed by atoms with Gasteiger partial charge >= 0.3 is 5.97 Å². The summed E-state index contributed by atoms with van der Waals surface area (Å²) in [7, 11) is 0. The first kappa shape index (κ1) is 11.9. The summed E-state index contributed by atoms with van der Waals surface area (Å²) in [6, 6.07) is 9.59. The second-order valence-corrected chi connectivity index (χ2v) is 3.70. The topological polar surface area (TPSA) is 78.9 Å². The van der Waals surface area contributed by atoms with Crippen molar-refractivity contribution in [1.29, 1.82) is 5.26 Å². The number of nitrogens with zero attached hydrogens (tertiary/aromatic N) is 3. The molecule has 0 atom stereocenters. The second-order valence-electron chi connectivity index (χ2n) is 3.70. The molecule has 0 aliphatic rings. The molecule has 0 radical (unpaired) electrons. The largest absolute Gasteiger partial charge is 0.478 e. The van der Waals surface area contributed by atoms with Gasteiger partial charge in [-0.15, -0.1) is 0 Å². The fourth-order valence-corrected chi connectivity index (χ4v) is 1.79. The molecule has 0 saturated carbocycles. The maximum atomic E-state index is 10.4. The van der Waals surface area contributed by atoms with E-state index in [1.165, 1.54) is 6.08 Å². The van der Waals surface area contributed by atoms with Gasteiger partial charge in [0, 0.05) is 12.6 Å². The Kier molecular flexibility index (Phi) is 3.39. The molecule has 0 spiro atoms. The van der Waals surface area contributed by atoms with Gasteiger partial charge in [-0.3, -0.25) is 0 Å². The highest BCUT2D eigenvalue weighted by Gasteiger charge is 2.08. The maximum Gasteiger partial charge on any atom is 0.328 e. The minimum Gasteiger partial charge on any atom is -0.478 e. The summed E-state index contributed by atoms with van der Waals surface area (Å²) in [6.07, 6.45) is 2.83. The number of carboxylic acid groups (broad SMARTS) is 1. The first-order chi connectivity index (χ1) is 8.72. The third-order valence-electron chi connectivity index (χ3n) is 2.52. The van der Waals surface area contributed by atoms with Gasteiger partial charge in [0.05, 0.1) is 23.5 Å². The normalized spacial score (nSPS) is 10.8. The van der Waals surface area contributed by atoms with Crippen LogP contribution in [0.2, 0.25) is 0 Å². The van der Waals surface area contributed by atoms with Crippen LogP contribution in [-0.4, -0.2) is 20.6 Å². The van der Waals surface area contributed by atoms with Crippen molar-refractivity contribution in [3.63, 3.8) is 0 Å². The molecular formula is C13H11N3O2. The van der Waals surface area contributed by atoms with Gasteiger partial charge in [-0.05, 0) is 12.1 Å². The lowest BCUT2D eigenvalue weighted by Gasteiger charge is -2.03. The monoisotopic (exact) mass is 241 g/mol. The molecule has 5 nitrogen and oxygen atoms in total. The van der Waals surface area contributed by atoms with Crippen molar-refractivity contribution in [2.24, 2.45) is 0 Å². The van der Waals surface area contributed by atoms with Crippen LogP contribution in [0.25, 0.3) is 11.0 Å². The van der Waals surface area contributed by atoms with E-state index in [-0.39, 0.29) is 6.42 Å². The average molecular weight is 241 g/mol. The van der Waals surface area contributed by atoms with Crippen molar-refractivity contribution in [3.8, 4) is 6.07 Å². The Hall–Kier alpha value is -2.61. The van der Waals surface area contributed by atoms with Gasteiger partial charge < -0.3 is 9.67 Å². The van der Waals surface area contributed by atoms with Gasteiger partial charge in [0.15, 0.2) is 0 Å². The maximum absolute atomic E-state index is 10.4. The zero-order chi connectivity index (χ0) is 13.0. The number of carbonyl (C=O) groups is 1. The van der Waals surface area contributed by atoms with Crippen LogP contribution >= 0.6 is 0 Å². The number of fused-ring (bicyclic) bond motifs is 1. The van der Waals surface area contributed by atoms with Crippen molar-refractivity contribution in [2.75, 3.05) is 0 Å². The molecule has 0 aliphatic heterocycles. The van der Waals surface area contributed by atoms with Gasteiger partial charge in [-0.2, -0.15) is 5.26 Å². The lowest BCUT2D eigenvalue weighted by molar-refractivity contribution is -0.131. The van der Waals surface area contributed by atoms with Crippen LogP contribution in [-0.2, 0) is 17.8 Å². The Morgan fingerprint density at radius 3 is 3.00 bits per heavy atom. The zero-order valence-corrected chi connectivity index (χ0v) is 9.58. The molecule has 1 aromatic heterocycles. The van der Waals surface area contributed by atoms with E-state index in [4.69, 9.17) is 10.4 Å². The van der Waals surface area contributed by atoms with Gasteiger partial charge in [0.1, 0.15) is 5.82 Å².